The van der Waals surface area contributed by atoms with E-state index in [1.807, 2.05) is 4.98 Å². The number of aromatic amines is 1. The Morgan fingerprint density at radius 2 is 1.84 bits per heavy atom. The van der Waals surface area contributed by atoms with Gasteiger partial charge in [0.15, 0.2) is 12.3 Å². The summed E-state index contributed by atoms with van der Waals surface area (Å²) in [6, 6.07) is 5.85. The summed E-state index contributed by atoms with van der Waals surface area (Å²) in [6.45, 7) is -0.0889. The van der Waals surface area contributed by atoms with Crippen LogP contribution in [0.3, 0.4) is 0 Å². The quantitative estimate of drug-likeness (QED) is 0.0875. The summed E-state index contributed by atoms with van der Waals surface area (Å²) in [7, 11) is -5.10. The maximum atomic E-state index is 14.0. The summed E-state index contributed by atoms with van der Waals surface area (Å²) in [5.41, 5.74) is 7.59. The third kappa shape index (κ3) is 6.30. The average molecular weight is 720 g/mol. The number of aromatic nitrogens is 3. The molecule has 1 amide bonds. The molecule has 266 valence electrons. The molecule has 2 aromatic heterocycles. The van der Waals surface area contributed by atoms with Crippen LogP contribution in [0.2, 0.25) is 0 Å². The number of aliphatic hydroxyl groups is 2. The van der Waals surface area contributed by atoms with Crippen LogP contribution in [0.5, 0.6) is 5.75 Å². The van der Waals surface area contributed by atoms with Crippen LogP contribution in [0, 0.1) is 0 Å². The molecule has 1 fully saturated rings. The molecule has 2 aliphatic heterocycles. The number of ketones is 2. The number of nitrogens with two attached hydrogens (primary N) is 1. The summed E-state index contributed by atoms with van der Waals surface area (Å²) in [6.07, 6.45) is -7.92. The van der Waals surface area contributed by atoms with Gasteiger partial charge in [0.2, 0.25) is 11.6 Å². The van der Waals surface area contributed by atoms with E-state index >= 15 is 0 Å². The topological polar surface area (TPSA) is 312 Å². The van der Waals surface area contributed by atoms with Crippen LogP contribution >= 0.6 is 7.82 Å². The first-order chi connectivity index (χ1) is 23.6. The number of quaternary nitrogens is 1. The number of aromatic hydroxyl groups is 1. The highest BCUT2D eigenvalue weighted by Crippen LogP contribution is 2.52. The van der Waals surface area contributed by atoms with Crippen molar-refractivity contribution in [3.8, 4) is 5.75 Å². The normalized spacial score (nSPS) is 25.7. The molecule has 3 aliphatic rings. The monoisotopic (exact) mass is 719 g/mol. The number of hydrogen-bond acceptors (Lipinski definition) is 14. The van der Waals surface area contributed by atoms with Gasteiger partial charge in [0.1, 0.15) is 42.4 Å². The van der Waals surface area contributed by atoms with Crippen molar-refractivity contribution in [1.29, 1.82) is 0 Å². The Bertz CT molecular complexity index is 2090. The molecule has 20 nitrogen and oxygen atoms in total. The number of nitrogens with one attached hydrogen (secondary N) is 2. The van der Waals surface area contributed by atoms with Gasteiger partial charge < -0.3 is 51.0 Å². The Labute approximate surface area is 280 Å². The number of phosphoric ester groups is 1. The fraction of sp³-hybridized carbons (Fsp3) is 0.345. The van der Waals surface area contributed by atoms with Crippen LogP contribution in [-0.4, -0.2) is 83.0 Å². The van der Waals surface area contributed by atoms with E-state index in [1.165, 1.54) is 35.8 Å². The van der Waals surface area contributed by atoms with Gasteiger partial charge >= 0.3 is 19.6 Å². The molecule has 1 saturated heterocycles. The maximum absolute atomic E-state index is 14.0. The fourth-order valence-electron chi connectivity index (χ4n) is 6.16. The van der Waals surface area contributed by atoms with Crippen molar-refractivity contribution in [3.63, 3.8) is 0 Å². The van der Waals surface area contributed by atoms with Crippen LogP contribution in [-0.2, 0) is 36.2 Å². The second-order valence-corrected chi connectivity index (χ2v) is 13.2. The van der Waals surface area contributed by atoms with Gasteiger partial charge in [-0.15, -0.1) is 0 Å². The van der Waals surface area contributed by atoms with Crippen molar-refractivity contribution in [2.75, 3.05) is 11.9 Å². The number of Topliss-reactive ketones (excluding diaryl/α,β-unsaturated/α-hetero) is 2. The number of ether oxygens (including phenoxy) is 2. The van der Waals surface area contributed by atoms with E-state index in [2.05, 4.69) is 11.1 Å². The lowest BCUT2D eigenvalue weighted by molar-refractivity contribution is -0.435. The second kappa shape index (κ2) is 13.1. The molecule has 3 aromatic rings. The highest BCUT2D eigenvalue weighted by molar-refractivity contribution is 7.47. The van der Waals surface area contributed by atoms with E-state index in [0.717, 1.165) is 16.8 Å². The second-order valence-electron chi connectivity index (χ2n) is 11.7. The maximum Gasteiger partial charge on any atom is 0.473 e. The zero-order chi connectivity index (χ0) is 36.2. The molecule has 1 aromatic carbocycles. The number of H-pyrrole nitrogens is 1. The molecule has 21 heteroatoms. The Balaban J connectivity index is 1.26. The van der Waals surface area contributed by atoms with Crippen molar-refractivity contribution in [2.24, 2.45) is 5.73 Å². The van der Waals surface area contributed by atoms with Gasteiger partial charge in [0.25, 0.3) is 5.56 Å². The van der Waals surface area contributed by atoms with Crippen molar-refractivity contribution < 1.29 is 63.4 Å². The van der Waals surface area contributed by atoms with E-state index in [9.17, 15) is 48.8 Å². The minimum Gasteiger partial charge on any atom is -0.508 e. The number of aliphatic hydroxyl groups excluding tert-OH is 2. The van der Waals surface area contributed by atoms with Crippen molar-refractivity contribution >= 4 is 31.2 Å². The van der Waals surface area contributed by atoms with Gasteiger partial charge in [0, 0.05) is 29.1 Å². The number of carbonyl (C=O) groups excluding carboxylic acids is 3. The molecule has 7 atom stereocenters. The van der Waals surface area contributed by atoms with Crippen LogP contribution in [0.15, 0.2) is 57.4 Å². The third-order valence-electron chi connectivity index (χ3n) is 8.51. The molecule has 4 heterocycles. The number of nitrogens with zero attached hydrogens (tertiary/aromatic N) is 2. The van der Waals surface area contributed by atoms with E-state index in [1.54, 1.807) is 0 Å². The first-order valence-corrected chi connectivity index (χ1v) is 16.4. The lowest BCUT2D eigenvalue weighted by Gasteiger charge is -2.22. The van der Waals surface area contributed by atoms with Gasteiger partial charge in [-0.05, 0) is 31.2 Å². The smallest absolute Gasteiger partial charge is 0.473 e. The average Bonchev–Trinajstić information content (AvgIpc) is 3.64. The Morgan fingerprint density at radius 3 is 2.50 bits per heavy atom. The molecular weight excluding hydrogens is 687 g/mol. The van der Waals surface area contributed by atoms with E-state index in [-0.39, 0.29) is 46.1 Å². The third-order valence-corrected chi connectivity index (χ3v) is 9.48. The number of rotatable bonds is 10. The zero-order valence-electron chi connectivity index (χ0n) is 26.0. The molecule has 0 saturated carbocycles. The van der Waals surface area contributed by atoms with E-state index in [0.29, 0.717) is 5.69 Å². The van der Waals surface area contributed by atoms with Crippen LogP contribution in [0.1, 0.15) is 51.4 Å². The number of hydrogen-bond donors (Lipinski definition) is 8. The number of phenols is 1. The number of carbonyl (C=O) groups is 3. The molecule has 6 rings (SSSR count). The Kier molecular flexibility index (Phi) is 9.14. The highest BCUT2D eigenvalue weighted by Gasteiger charge is 2.50. The minimum atomic E-state index is -5.10. The lowest BCUT2D eigenvalue weighted by atomic mass is 9.89. The lowest BCUT2D eigenvalue weighted by Crippen LogP contribution is -2.63. The molecule has 1 aliphatic carbocycles. The first-order valence-electron chi connectivity index (χ1n) is 14.9. The van der Waals surface area contributed by atoms with Crippen molar-refractivity contribution in [2.45, 2.75) is 56.8 Å². The number of primary amides is 1. The summed E-state index contributed by atoms with van der Waals surface area (Å²) in [5.74, 6) is -1.27. The number of allylic oxidation sites excluding steroid dienone is 2. The first kappa shape index (κ1) is 34.9. The standard InChI is InChI=1S/C29H31N6O14P/c1-11-19(32-12-2-4-13(36)5-3-12)24(40)18-14(9-46-28(31)42)20-26(15(30)8-35(20)21(18)22(11)38)49-50(44,45)47-10-16-23(39)25(41)27(48-16)34-7-6-17(37)33-29(34)43/h2-7,15-16,23,25-27,32,36,39,41H,8-10,30H2,1H3,(H2,31,42)(H,44,45)(H,33,37,43)/p+1. The number of anilines is 1. The molecule has 0 radical (unpaired) electrons. The molecule has 0 spiro atoms. The number of amides is 1. The van der Waals surface area contributed by atoms with E-state index in [4.69, 9.17) is 24.3 Å². The number of phosphoric acid groups is 1. The van der Waals surface area contributed by atoms with Crippen LogP contribution in [0.25, 0.3) is 0 Å². The molecule has 50 heavy (non-hydrogen) atoms. The SMILES string of the molecule is CC1=C(Nc2ccc(O)cc2)C(=O)c2c(COC(N)=O)c3n(c2C1=O)CC([NH3+])C3OP(=O)(O)OCC1OC(n2ccc(=O)[nH]c2=O)C(O)C1O. The van der Waals surface area contributed by atoms with Crippen LogP contribution < -0.4 is 28.0 Å². The van der Waals surface area contributed by atoms with Gasteiger partial charge in [0.05, 0.1) is 30.1 Å². The van der Waals surface area contributed by atoms with Gasteiger partial charge in [-0.25, -0.2) is 14.2 Å². The van der Waals surface area contributed by atoms with Crippen molar-refractivity contribution in [3.05, 3.63) is 91.2 Å². The summed E-state index contributed by atoms with van der Waals surface area (Å²) < 4.78 is 36.7. The van der Waals surface area contributed by atoms with Gasteiger partial charge in [-0.2, -0.15) is 0 Å². The minimum absolute atomic E-state index is 0.0274. The zero-order valence-corrected chi connectivity index (χ0v) is 26.9. The molecular formula is C29H32N6O14P+. The molecule has 11 N–H and O–H groups in total. The number of fused-ring (bicyclic) bond motifs is 3. The Morgan fingerprint density at radius 1 is 1.14 bits per heavy atom. The van der Waals surface area contributed by atoms with Gasteiger partial charge in [-0.1, -0.05) is 0 Å². The van der Waals surface area contributed by atoms with E-state index < -0.39 is 86.6 Å². The predicted octanol–water partition coefficient (Wildman–Crippen LogP) is -1.48. The number of phenolic OH excluding ortho intramolecular Hbond substituents is 1. The predicted molar refractivity (Wildman–Crippen MR) is 165 cm³/mol. The highest BCUT2D eigenvalue weighted by atomic mass is 31.2. The van der Waals surface area contributed by atoms with Crippen LogP contribution in [0.4, 0.5) is 10.5 Å². The molecule has 7 unspecified atom stereocenters. The number of benzene rings is 1. The fourth-order valence-corrected chi connectivity index (χ4v) is 7.11. The summed E-state index contributed by atoms with van der Waals surface area (Å²) in [4.78, 5) is 75.7. The molecule has 0 bridgehead atoms. The Hall–Kier alpha value is -4.92. The largest absolute Gasteiger partial charge is 0.508 e. The van der Waals surface area contributed by atoms with Crippen molar-refractivity contribution in [1.82, 2.24) is 14.1 Å². The summed E-state index contributed by atoms with van der Waals surface area (Å²) >= 11 is 0. The summed E-state index contributed by atoms with van der Waals surface area (Å²) in [5, 5.41) is 33.5. The van der Waals surface area contributed by atoms with Gasteiger partial charge in [-0.3, -0.25) is 33.0 Å².